The molecule has 2 heterocycles. The van der Waals surface area contributed by atoms with Gasteiger partial charge in [-0.1, -0.05) is 29.3 Å². The predicted molar refractivity (Wildman–Crippen MR) is 91.6 cm³/mol. The summed E-state index contributed by atoms with van der Waals surface area (Å²) >= 11 is 12.1. The van der Waals surface area contributed by atoms with Gasteiger partial charge in [-0.15, -0.1) is 0 Å². The van der Waals surface area contributed by atoms with Crippen LogP contribution in [0.2, 0.25) is 10.0 Å². The lowest BCUT2D eigenvalue weighted by atomic mass is 9.91. The van der Waals surface area contributed by atoms with Crippen LogP contribution in [-0.2, 0) is 20.6 Å². The van der Waals surface area contributed by atoms with Crippen molar-refractivity contribution in [2.75, 3.05) is 26.4 Å². The van der Waals surface area contributed by atoms with Gasteiger partial charge in [0.25, 0.3) is 0 Å². The molecule has 24 heavy (non-hydrogen) atoms. The molecule has 0 aromatic heterocycles. The molecule has 0 radical (unpaired) electrons. The van der Waals surface area contributed by atoms with Crippen molar-refractivity contribution in [3.05, 3.63) is 33.8 Å². The number of piperidine rings is 1. The number of carbonyl (C=O) groups is 1. The summed E-state index contributed by atoms with van der Waals surface area (Å²) in [5.74, 6) is -0.579. The van der Waals surface area contributed by atoms with Crippen LogP contribution in [0.5, 0.6) is 0 Å². The minimum Gasteiger partial charge on any atom is -0.450 e. The Morgan fingerprint density at radius 2 is 2.08 bits per heavy atom. The molecule has 1 spiro atoms. The van der Waals surface area contributed by atoms with E-state index in [4.69, 9.17) is 37.4 Å². The number of halogens is 2. The van der Waals surface area contributed by atoms with Crippen LogP contribution in [0.25, 0.3) is 0 Å². The Morgan fingerprint density at radius 3 is 2.75 bits per heavy atom. The molecular weight excluding hydrogens is 353 g/mol. The highest BCUT2D eigenvalue weighted by atomic mass is 35.5. The normalized spacial score (nSPS) is 22.8. The number of nitrogens with zero attached hydrogens (tertiary/aromatic N) is 1. The van der Waals surface area contributed by atoms with Crippen LogP contribution in [0.4, 0.5) is 4.79 Å². The van der Waals surface area contributed by atoms with Gasteiger partial charge >= 0.3 is 6.09 Å². The molecule has 2 saturated heterocycles. The molecule has 2 aliphatic rings. The van der Waals surface area contributed by atoms with Crippen molar-refractivity contribution in [2.45, 2.75) is 38.0 Å². The number of carbonyl (C=O) groups excluding carboxylic acids is 1. The van der Waals surface area contributed by atoms with E-state index in [1.165, 1.54) is 0 Å². The van der Waals surface area contributed by atoms with E-state index in [-0.39, 0.29) is 12.1 Å². The number of likely N-dealkylation sites (tertiary alicyclic amines) is 1. The van der Waals surface area contributed by atoms with Crippen LogP contribution in [0.1, 0.15) is 25.3 Å². The third-order valence-electron chi connectivity index (χ3n) is 4.49. The maximum atomic E-state index is 12.3. The maximum Gasteiger partial charge on any atom is 0.410 e. The van der Waals surface area contributed by atoms with Crippen molar-refractivity contribution in [2.24, 2.45) is 0 Å². The van der Waals surface area contributed by atoms with Gasteiger partial charge in [0.1, 0.15) is 0 Å². The van der Waals surface area contributed by atoms with E-state index >= 15 is 0 Å². The molecule has 5 nitrogen and oxygen atoms in total. The Morgan fingerprint density at radius 1 is 1.33 bits per heavy atom. The molecule has 1 aromatic rings. The average molecular weight is 374 g/mol. The van der Waals surface area contributed by atoms with Crippen LogP contribution < -0.4 is 0 Å². The Kier molecular flexibility index (Phi) is 5.55. The molecule has 1 amide bonds. The number of rotatable bonds is 3. The molecule has 1 aromatic carbocycles. The van der Waals surface area contributed by atoms with Gasteiger partial charge < -0.3 is 19.1 Å². The summed E-state index contributed by atoms with van der Waals surface area (Å²) < 4.78 is 16.9. The molecule has 1 unspecified atom stereocenters. The Bertz CT molecular complexity index is 604. The quantitative estimate of drug-likeness (QED) is 0.805. The highest BCUT2D eigenvalue weighted by molar-refractivity contribution is 6.42. The smallest absolute Gasteiger partial charge is 0.410 e. The third-order valence-corrected chi connectivity index (χ3v) is 5.23. The van der Waals surface area contributed by atoms with Gasteiger partial charge in [-0.05, 0) is 31.0 Å². The number of benzene rings is 1. The van der Waals surface area contributed by atoms with Gasteiger partial charge in [-0.2, -0.15) is 0 Å². The lowest BCUT2D eigenvalue weighted by Crippen LogP contribution is -2.54. The van der Waals surface area contributed by atoms with Crippen molar-refractivity contribution in [1.82, 2.24) is 4.90 Å². The van der Waals surface area contributed by atoms with E-state index < -0.39 is 5.79 Å². The van der Waals surface area contributed by atoms with Gasteiger partial charge in [-0.3, -0.25) is 0 Å². The van der Waals surface area contributed by atoms with E-state index in [2.05, 4.69) is 0 Å². The summed E-state index contributed by atoms with van der Waals surface area (Å²) in [6.07, 6.45) is 1.62. The molecule has 3 rings (SSSR count). The summed E-state index contributed by atoms with van der Waals surface area (Å²) in [5.41, 5.74) is 1.01. The molecule has 2 aliphatic heterocycles. The Labute approximate surface area is 151 Å². The van der Waals surface area contributed by atoms with Gasteiger partial charge in [-0.25, -0.2) is 4.79 Å². The summed E-state index contributed by atoms with van der Waals surface area (Å²) in [7, 11) is 0. The largest absolute Gasteiger partial charge is 0.450 e. The van der Waals surface area contributed by atoms with E-state index in [0.717, 1.165) is 5.56 Å². The third kappa shape index (κ3) is 3.80. The Hall–Kier alpha value is -1.01. The van der Waals surface area contributed by atoms with Crippen LogP contribution >= 0.6 is 23.2 Å². The fraction of sp³-hybridized carbons (Fsp3) is 0.588. The summed E-state index contributed by atoms with van der Waals surface area (Å²) in [6.45, 7) is 3.90. The number of hydrogen-bond donors (Lipinski definition) is 0. The van der Waals surface area contributed by atoms with E-state index in [1.807, 2.05) is 12.1 Å². The molecule has 0 N–H and O–H groups in total. The fourth-order valence-electron chi connectivity index (χ4n) is 3.37. The van der Waals surface area contributed by atoms with Crippen LogP contribution in [0.3, 0.4) is 0 Å². The van der Waals surface area contributed by atoms with Crippen LogP contribution in [-0.4, -0.2) is 49.2 Å². The van der Waals surface area contributed by atoms with Crippen molar-refractivity contribution in [1.29, 1.82) is 0 Å². The molecule has 0 saturated carbocycles. The van der Waals surface area contributed by atoms with Crippen molar-refractivity contribution in [3.8, 4) is 0 Å². The van der Waals surface area contributed by atoms with Crippen molar-refractivity contribution >= 4 is 29.3 Å². The van der Waals surface area contributed by atoms with Crippen molar-refractivity contribution < 1.29 is 19.0 Å². The summed E-state index contributed by atoms with van der Waals surface area (Å²) in [4.78, 5) is 14.1. The summed E-state index contributed by atoms with van der Waals surface area (Å²) in [5, 5.41) is 1.03. The standard InChI is InChI=1S/C17H21Cl2NO4/c1-2-22-16(21)20-6-5-17(23-7-8-24-17)11-13(20)9-12-3-4-14(18)15(19)10-12/h3-4,10,13H,2,5-9,11H2,1H3. The lowest BCUT2D eigenvalue weighted by molar-refractivity contribution is -0.193. The second-order valence-corrected chi connectivity index (χ2v) is 6.87. The minimum atomic E-state index is -0.579. The topological polar surface area (TPSA) is 48.0 Å². The zero-order chi connectivity index (χ0) is 17.2. The first-order valence-electron chi connectivity index (χ1n) is 8.18. The molecule has 132 valence electrons. The van der Waals surface area contributed by atoms with Gasteiger partial charge in [0.15, 0.2) is 5.79 Å². The van der Waals surface area contributed by atoms with Gasteiger partial charge in [0.2, 0.25) is 0 Å². The average Bonchev–Trinajstić information content (AvgIpc) is 2.99. The summed E-state index contributed by atoms with van der Waals surface area (Å²) in [6, 6.07) is 5.46. The fourth-order valence-corrected chi connectivity index (χ4v) is 3.69. The molecular formula is C17H21Cl2NO4. The van der Waals surface area contributed by atoms with Gasteiger partial charge in [0, 0.05) is 25.4 Å². The van der Waals surface area contributed by atoms with E-state index in [1.54, 1.807) is 17.9 Å². The Balaban J connectivity index is 1.79. The van der Waals surface area contributed by atoms with Crippen LogP contribution in [0, 0.1) is 0 Å². The number of ether oxygens (including phenoxy) is 3. The second kappa shape index (κ2) is 7.48. The first kappa shape index (κ1) is 17.8. The zero-order valence-electron chi connectivity index (χ0n) is 13.6. The molecule has 7 heteroatoms. The lowest BCUT2D eigenvalue weighted by Gasteiger charge is -2.43. The highest BCUT2D eigenvalue weighted by Crippen LogP contribution is 2.36. The SMILES string of the molecule is CCOC(=O)N1CCC2(CC1Cc1ccc(Cl)c(Cl)c1)OCCO2. The van der Waals surface area contributed by atoms with Gasteiger partial charge in [0.05, 0.1) is 29.9 Å². The molecule has 1 atom stereocenters. The van der Waals surface area contributed by atoms with Crippen LogP contribution in [0.15, 0.2) is 18.2 Å². The van der Waals surface area contributed by atoms with E-state index in [9.17, 15) is 4.79 Å². The number of hydrogen-bond acceptors (Lipinski definition) is 4. The predicted octanol–water partition coefficient (Wildman–Crippen LogP) is 3.90. The zero-order valence-corrected chi connectivity index (χ0v) is 15.1. The minimum absolute atomic E-state index is 0.0758. The van der Waals surface area contributed by atoms with Crippen molar-refractivity contribution in [3.63, 3.8) is 0 Å². The first-order chi connectivity index (χ1) is 11.5. The van der Waals surface area contributed by atoms with E-state index in [0.29, 0.717) is 55.7 Å². The highest BCUT2D eigenvalue weighted by Gasteiger charge is 2.45. The molecule has 0 bridgehead atoms. The monoisotopic (exact) mass is 373 g/mol. The number of amides is 1. The maximum absolute atomic E-state index is 12.3. The first-order valence-corrected chi connectivity index (χ1v) is 8.94. The molecule has 2 fully saturated rings. The molecule has 0 aliphatic carbocycles. The second-order valence-electron chi connectivity index (χ2n) is 6.06.